The van der Waals surface area contributed by atoms with Crippen LogP contribution in [0, 0.1) is 26.9 Å². The van der Waals surface area contributed by atoms with E-state index in [4.69, 9.17) is 9.15 Å². The van der Waals surface area contributed by atoms with Crippen molar-refractivity contribution in [1.29, 1.82) is 0 Å². The molecule has 0 spiro atoms. The number of nitro groups is 1. The topological polar surface area (TPSA) is 82.6 Å². The van der Waals surface area contributed by atoms with Crippen molar-refractivity contribution in [1.82, 2.24) is 0 Å². The molecule has 6 heteroatoms. The fourth-order valence-corrected chi connectivity index (χ4v) is 4.03. The van der Waals surface area contributed by atoms with E-state index in [9.17, 15) is 14.9 Å². The van der Waals surface area contributed by atoms with Gasteiger partial charge in [0.05, 0.1) is 6.07 Å². The van der Waals surface area contributed by atoms with E-state index < -0.39 is 16.8 Å². The minimum absolute atomic E-state index is 0.0359. The van der Waals surface area contributed by atoms with Crippen molar-refractivity contribution in [2.24, 2.45) is 16.7 Å². The molecule has 2 bridgehead atoms. The van der Waals surface area contributed by atoms with E-state index in [0.29, 0.717) is 5.92 Å². The number of carbonyl (C=O) groups is 1. The molecule has 2 aliphatic rings. The Labute approximate surface area is 122 Å². The zero-order valence-electron chi connectivity index (χ0n) is 12.4. The Morgan fingerprint density at radius 1 is 1.43 bits per heavy atom. The van der Waals surface area contributed by atoms with Crippen molar-refractivity contribution in [3.8, 4) is 0 Å². The monoisotopic (exact) mass is 293 g/mol. The van der Waals surface area contributed by atoms with Crippen LogP contribution in [0.2, 0.25) is 0 Å². The Morgan fingerprint density at radius 3 is 2.62 bits per heavy atom. The van der Waals surface area contributed by atoms with Gasteiger partial charge >= 0.3 is 11.9 Å². The third-order valence-electron chi connectivity index (χ3n) is 5.94. The van der Waals surface area contributed by atoms with Gasteiger partial charge in [-0.2, -0.15) is 0 Å². The molecule has 6 nitrogen and oxygen atoms in total. The number of carbonyl (C=O) groups excluding carboxylic acids is 1. The highest BCUT2D eigenvalue weighted by molar-refractivity contribution is 5.86. The molecule has 0 radical (unpaired) electrons. The maximum Gasteiger partial charge on any atom is 0.433 e. The van der Waals surface area contributed by atoms with E-state index >= 15 is 0 Å². The summed E-state index contributed by atoms with van der Waals surface area (Å²) in [5.74, 6) is -0.601. The second-order valence-electron chi connectivity index (χ2n) is 6.90. The van der Waals surface area contributed by atoms with Gasteiger partial charge in [0.25, 0.3) is 0 Å². The number of fused-ring (bicyclic) bond motifs is 2. The average molecular weight is 293 g/mol. The summed E-state index contributed by atoms with van der Waals surface area (Å²) in [7, 11) is 0. The highest BCUT2D eigenvalue weighted by atomic mass is 16.7. The number of rotatable bonds is 3. The van der Waals surface area contributed by atoms with E-state index in [0.717, 1.165) is 12.8 Å². The largest absolute Gasteiger partial charge is 0.456 e. The normalized spacial score (nSPS) is 33.1. The standard InChI is InChI=1S/C15H19NO5/c1-14(2)9-6-7-15(14,3)11(8-9)21-13(17)10-4-5-12(20-10)16(18)19/h4-5,9,11H,6-8H2,1-3H3. The lowest BCUT2D eigenvalue weighted by atomic mass is 9.70. The van der Waals surface area contributed by atoms with Crippen LogP contribution in [0.1, 0.15) is 50.6 Å². The predicted molar refractivity (Wildman–Crippen MR) is 73.8 cm³/mol. The van der Waals surface area contributed by atoms with Crippen molar-refractivity contribution in [3.05, 3.63) is 28.0 Å². The Morgan fingerprint density at radius 2 is 2.14 bits per heavy atom. The summed E-state index contributed by atoms with van der Waals surface area (Å²) in [4.78, 5) is 22.0. The molecule has 21 heavy (non-hydrogen) atoms. The highest BCUT2D eigenvalue weighted by Crippen LogP contribution is 2.66. The van der Waals surface area contributed by atoms with Crippen molar-refractivity contribution in [2.75, 3.05) is 0 Å². The summed E-state index contributed by atoms with van der Waals surface area (Å²) in [6.45, 7) is 6.63. The SMILES string of the molecule is CC1(C)C2CCC1(C)C(OC(=O)c1ccc([N+](=O)[O-])o1)C2. The summed E-state index contributed by atoms with van der Waals surface area (Å²) in [6.07, 6.45) is 2.92. The Balaban J connectivity index is 1.75. The zero-order chi connectivity index (χ0) is 15.4. The van der Waals surface area contributed by atoms with Gasteiger partial charge in [0.1, 0.15) is 11.0 Å². The predicted octanol–water partition coefficient (Wildman–Crippen LogP) is 3.56. The van der Waals surface area contributed by atoms with Crippen LogP contribution in [0.3, 0.4) is 0 Å². The molecule has 0 N–H and O–H groups in total. The molecule has 3 unspecified atom stereocenters. The molecular weight excluding hydrogens is 274 g/mol. The third kappa shape index (κ3) is 1.88. The second-order valence-corrected chi connectivity index (χ2v) is 6.90. The van der Waals surface area contributed by atoms with Crippen LogP contribution in [0.15, 0.2) is 16.5 Å². The lowest BCUT2D eigenvalue weighted by Crippen LogP contribution is -2.38. The average Bonchev–Trinajstić information content (AvgIpc) is 3.02. The van der Waals surface area contributed by atoms with Crippen LogP contribution < -0.4 is 0 Å². The number of ether oxygens (including phenoxy) is 1. The van der Waals surface area contributed by atoms with Crippen molar-refractivity contribution >= 4 is 11.9 Å². The Bertz CT molecular complexity index is 605. The van der Waals surface area contributed by atoms with Crippen LogP contribution in [0.5, 0.6) is 0 Å². The molecule has 3 atom stereocenters. The lowest BCUT2D eigenvalue weighted by Gasteiger charge is -2.38. The summed E-state index contributed by atoms with van der Waals surface area (Å²) < 4.78 is 10.5. The quantitative estimate of drug-likeness (QED) is 0.483. The van der Waals surface area contributed by atoms with E-state index in [1.807, 2.05) is 0 Å². The van der Waals surface area contributed by atoms with Crippen LogP contribution in [-0.2, 0) is 4.74 Å². The molecule has 2 aliphatic carbocycles. The summed E-state index contributed by atoms with van der Waals surface area (Å²) in [5.41, 5.74) is 0.110. The van der Waals surface area contributed by atoms with Gasteiger partial charge in [0, 0.05) is 5.41 Å². The molecule has 0 aliphatic heterocycles. The van der Waals surface area contributed by atoms with Gasteiger partial charge in [0.15, 0.2) is 0 Å². The number of nitrogens with zero attached hydrogens (tertiary/aromatic N) is 1. The first-order valence-corrected chi connectivity index (χ1v) is 7.21. The fourth-order valence-electron chi connectivity index (χ4n) is 4.03. The molecule has 2 saturated carbocycles. The van der Waals surface area contributed by atoms with Gasteiger partial charge in [-0.25, -0.2) is 4.79 Å². The molecule has 1 aromatic heterocycles. The molecule has 114 valence electrons. The molecule has 3 rings (SSSR count). The van der Waals surface area contributed by atoms with Gasteiger partial charge in [-0.15, -0.1) is 0 Å². The van der Waals surface area contributed by atoms with Crippen LogP contribution in [0.4, 0.5) is 5.88 Å². The molecule has 0 saturated heterocycles. The van der Waals surface area contributed by atoms with Gasteiger partial charge in [-0.3, -0.25) is 10.1 Å². The first-order chi connectivity index (χ1) is 9.75. The molecule has 1 aromatic rings. The third-order valence-corrected chi connectivity index (χ3v) is 5.94. The van der Waals surface area contributed by atoms with Crippen LogP contribution in [0.25, 0.3) is 0 Å². The van der Waals surface area contributed by atoms with E-state index in [-0.39, 0.29) is 22.7 Å². The molecular formula is C15H19NO5. The number of furan rings is 1. The highest BCUT2D eigenvalue weighted by Gasteiger charge is 2.62. The van der Waals surface area contributed by atoms with E-state index in [2.05, 4.69) is 20.8 Å². The van der Waals surface area contributed by atoms with E-state index in [1.165, 1.54) is 18.6 Å². The number of esters is 1. The fraction of sp³-hybridized carbons (Fsp3) is 0.667. The van der Waals surface area contributed by atoms with Gasteiger partial charge in [-0.1, -0.05) is 20.8 Å². The number of hydrogen-bond donors (Lipinski definition) is 0. The summed E-state index contributed by atoms with van der Waals surface area (Å²) in [6, 6.07) is 2.46. The Kier molecular flexibility index (Phi) is 2.90. The van der Waals surface area contributed by atoms with Crippen LogP contribution in [-0.4, -0.2) is 17.0 Å². The molecule has 0 aromatic carbocycles. The van der Waals surface area contributed by atoms with E-state index in [1.54, 1.807) is 0 Å². The maximum absolute atomic E-state index is 12.1. The smallest absolute Gasteiger partial charge is 0.433 e. The minimum Gasteiger partial charge on any atom is -0.456 e. The maximum atomic E-state index is 12.1. The van der Waals surface area contributed by atoms with Gasteiger partial charge < -0.3 is 9.15 Å². The molecule has 2 fully saturated rings. The van der Waals surface area contributed by atoms with Gasteiger partial charge in [0.2, 0.25) is 5.76 Å². The zero-order valence-corrected chi connectivity index (χ0v) is 12.4. The second kappa shape index (κ2) is 4.32. The first-order valence-electron chi connectivity index (χ1n) is 7.21. The van der Waals surface area contributed by atoms with Crippen molar-refractivity contribution in [2.45, 2.75) is 46.1 Å². The molecule has 0 amide bonds. The molecule has 1 heterocycles. The first kappa shape index (κ1) is 14.1. The minimum atomic E-state index is -0.668. The lowest BCUT2D eigenvalue weighted by molar-refractivity contribution is -0.402. The van der Waals surface area contributed by atoms with Crippen molar-refractivity contribution < 1.29 is 18.9 Å². The Hall–Kier alpha value is -1.85. The van der Waals surface area contributed by atoms with Crippen LogP contribution >= 0.6 is 0 Å². The summed E-state index contributed by atoms with van der Waals surface area (Å²) >= 11 is 0. The van der Waals surface area contributed by atoms with Crippen molar-refractivity contribution in [3.63, 3.8) is 0 Å². The van der Waals surface area contributed by atoms with Gasteiger partial charge in [-0.05, 0) is 36.7 Å². The summed E-state index contributed by atoms with van der Waals surface area (Å²) in [5, 5.41) is 10.6. The number of hydrogen-bond acceptors (Lipinski definition) is 5.